The van der Waals surface area contributed by atoms with Crippen molar-refractivity contribution in [1.29, 1.82) is 0 Å². The van der Waals surface area contributed by atoms with Crippen LogP contribution in [0, 0.1) is 0 Å². The molecule has 0 heterocycles. The third-order valence-electron chi connectivity index (χ3n) is 12.7. The number of rotatable bonds is 52. The fraction of sp³-hybridized carbons (Fsp3) is 0.677. The topological polar surface area (TPSA) is 69.6 Å². The number of carbonyl (C=O) groups is 1. The predicted molar refractivity (Wildman–Crippen MR) is 308 cm³/mol. The maximum Gasteiger partial charge on any atom is 0.220 e. The summed E-state index contributed by atoms with van der Waals surface area (Å²) in [5.41, 5.74) is 0. The molecule has 2 unspecified atom stereocenters. The second-order valence-electron chi connectivity index (χ2n) is 19.3. The zero-order valence-corrected chi connectivity index (χ0v) is 45.3. The summed E-state index contributed by atoms with van der Waals surface area (Å²) in [6.07, 6.45) is 90.8. The van der Waals surface area contributed by atoms with Crippen LogP contribution >= 0.6 is 0 Å². The summed E-state index contributed by atoms with van der Waals surface area (Å²) in [7, 11) is 0. The largest absolute Gasteiger partial charge is 0.394 e. The van der Waals surface area contributed by atoms with Gasteiger partial charge in [-0.1, -0.05) is 277 Å². The first-order valence-electron chi connectivity index (χ1n) is 29.2. The number of unbranched alkanes of at least 4 members (excludes halogenated alkanes) is 27. The van der Waals surface area contributed by atoms with Gasteiger partial charge in [-0.25, -0.2) is 0 Å². The van der Waals surface area contributed by atoms with Gasteiger partial charge in [0.1, 0.15) is 0 Å². The van der Waals surface area contributed by atoms with Crippen molar-refractivity contribution in [1.82, 2.24) is 5.32 Å². The molecule has 0 saturated carbocycles. The zero-order chi connectivity index (χ0) is 49.9. The average molecular weight is 955 g/mol. The van der Waals surface area contributed by atoms with E-state index in [1.165, 1.54) is 148 Å². The van der Waals surface area contributed by atoms with Crippen LogP contribution in [0.2, 0.25) is 0 Å². The molecule has 69 heavy (non-hydrogen) atoms. The number of allylic oxidation sites excluding steroid dienone is 19. The zero-order valence-electron chi connectivity index (χ0n) is 45.3. The predicted octanol–water partition coefficient (Wildman–Crippen LogP) is 19.6. The second kappa shape index (κ2) is 59.1. The highest BCUT2D eigenvalue weighted by molar-refractivity contribution is 5.76. The Bertz CT molecular complexity index is 1360. The molecular formula is C65H111NO3. The van der Waals surface area contributed by atoms with Gasteiger partial charge in [0.15, 0.2) is 0 Å². The third-order valence-corrected chi connectivity index (χ3v) is 12.7. The molecule has 2 atom stereocenters. The Kier molecular flexibility index (Phi) is 56.4. The van der Waals surface area contributed by atoms with Crippen LogP contribution in [0.15, 0.2) is 122 Å². The lowest BCUT2D eigenvalue weighted by Crippen LogP contribution is -2.45. The summed E-state index contributed by atoms with van der Waals surface area (Å²) in [5, 5.41) is 23.2. The Morgan fingerprint density at radius 3 is 1.01 bits per heavy atom. The highest BCUT2D eigenvalue weighted by Crippen LogP contribution is 2.15. The number of hydrogen-bond donors (Lipinski definition) is 3. The number of hydrogen-bond acceptors (Lipinski definition) is 3. The molecule has 3 N–H and O–H groups in total. The van der Waals surface area contributed by atoms with E-state index in [4.69, 9.17) is 0 Å². The molecule has 394 valence electrons. The van der Waals surface area contributed by atoms with E-state index >= 15 is 0 Å². The van der Waals surface area contributed by atoms with Gasteiger partial charge in [-0.3, -0.25) is 4.79 Å². The minimum atomic E-state index is -0.886. The molecule has 4 heteroatoms. The van der Waals surface area contributed by atoms with E-state index in [9.17, 15) is 15.0 Å². The lowest BCUT2D eigenvalue weighted by molar-refractivity contribution is -0.123. The van der Waals surface area contributed by atoms with Crippen LogP contribution in [0.3, 0.4) is 0 Å². The van der Waals surface area contributed by atoms with Gasteiger partial charge in [-0.2, -0.15) is 0 Å². The number of aliphatic hydroxyl groups is 2. The van der Waals surface area contributed by atoms with E-state index in [2.05, 4.69) is 129 Å². The Balaban J connectivity index is 3.65. The highest BCUT2D eigenvalue weighted by Gasteiger charge is 2.18. The molecule has 1 amide bonds. The normalized spacial score (nSPS) is 13.7. The molecule has 0 rings (SSSR count). The van der Waals surface area contributed by atoms with E-state index in [0.717, 1.165) is 96.3 Å². The molecule has 0 aromatic rings. The molecule has 0 aliphatic heterocycles. The molecule has 0 radical (unpaired) electrons. The number of amides is 1. The third kappa shape index (κ3) is 55.6. The molecule has 0 aromatic heterocycles. The second-order valence-corrected chi connectivity index (χ2v) is 19.3. The standard InChI is InChI=1S/C65H111NO3/c1-3-5-7-9-11-13-15-17-19-21-23-25-27-29-31-33-35-37-39-41-43-45-47-49-51-53-55-57-59-61-65(69)66-63(62-67)64(68)60-58-56-54-52-50-48-46-44-42-40-38-36-34-32-30-28-26-24-22-20-18-16-14-12-10-8-6-4-2/h5,7,11,13,17,19,23,25,29,31,35,37,41-44,50,52,58,60,63-64,67-68H,3-4,6,8-10,12,14-16,18,20-22,24,26-28,30,32-34,36,38-40,45-49,51,53-57,59,61-62H2,1-2H3,(H,66,69)/b7-5-,13-11-,19-17-,25-23-,31-29-,37-35-,43-41-,44-42+,52-50+,60-58+. The lowest BCUT2D eigenvalue weighted by Gasteiger charge is -2.19. The first-order chi connectivity index (χ1) is 34.2. The van der Waals surface area contributed by atoms with Gasteiger partial charge in [-0.05, 0) is 103 Å². The first-order valence-corrected chi connectivity index (χ1v) is 29.2. The van der Waals surface area contributed by atoms with Gasteiger partial charge in [0.25, 0.3) is 0 Å². The minimum absolute atomic E-state index is 0.0929. The Hall–Kier alpha value is -3.21. The van der Waals surface area contributed by atoms with Gasteiger partial charge in [-0.15, -0.1) is 0 Å². The van der Waals surface area contributed by atoms with Gasteiger partial charge < -0.3 is 15.5 Å². The molecule has 0 saturated heterocycles. The van der Waals surface area contributed by atoms with Crippen molar-refractivity contribution in [2.24, 2.45) is 0 Å². The summed E-state index contributed by atoms with van der Waals surface area (Å²) < 4.78 is 0. The molecule has 4 nitrogen and oxygen atoms in total. The van der Waals surface area contributed by atoms with Crippen LogP contribution in [0.25, 0.3) is 0 Å². The first kappa shape index (κ1) is 65.8. The number of nitrogens with one attached hydrogen (secondary N) is 1. The van der Waals surface area contributed by atoms with Gasteiger partial charge >= 0.3 is 0 Å². The maximum atomic E-state index is 12.5. The van der Waals surface area contributed by atoms with Crippen molar-refractivity contribution in [2.75, 3.05) is 6.61 Å². The molecule has 0 fully saturated rings. The van der Waals surface area contributed by atoms with Crippen molar-refractivity contribution >= 4 is 5.91 Å². The monoisotopic (exact) mass is 954 g/mol. The summed E-state index contributed by atoms with van der Waals surface area (Å²) >= 11 is 0. The fourth-order valence-electron chi connectivity index (χ4n) is 8.25. The molecular weight excluding hydrogens is 843 g/mol. The molecule has 0 aliphatic rings. The van der Waals surface area contributed by atoms with Crippen LogP contribution in [0.1, 0.15) is 264 Å². The smallest absolute Gasteiger partial charge is 0.220 e. The molecule has 0 bridgehead atoms. The number of aliphatic hydroxyl groups excluding tert-OH is 2. The quantitative estimate of drug-likeness (QED) is 0.0420. The summed E-state index contributed by atoms with van der Waals surface area (Å²) in [6, 6.07) is -0.662. The van der Waals surface area contributed by atoms with Crippen LogP contribution in [0.5, 0.6) is 0 Å². The van der Waals surface area contributed by atoms with Crippen molar-refractivity contribution in [3.8, 4) is 0 Å². The minimum Gasteiger partial charge on any atom is -0.394 e. The van der Waals surface area contributed by atoms with E-state index in [0.29, 0.717) is 6.42 Å². The van der Waals surface area contributed by atoms with E-state index < -0.39 is 12.1 Å². The van der Waals surface area contributed by atoms with E-state index in [1.807, 2.05) is 6.08 Å². The van der Waals surface area contributed by atoms with Crippen LogP contribution in [0.4, 0.5) is 0 Å². The van der Waals surface area contributed by atoms with Gasteiger partial charge in [0, 0.05) is 6.42 Å². The summed E-state index contributed by atoms with van der Waals surface area (Å²) in [6.45, 7) is 4.18. The maximum absolute atomic E-state index is 12.5. The van der Waals surface area contributed by atoms with Crippen molar-refractivity contribution < 1.29 is 15.0 Å². The summed E-state index contributed by atoms with van der Waals surface area (Å²) in [4.78, 5) is 12.5. The van der Waals surface area contributed by atoms with E-state index in [-0.39, 0.29) is 12.5 Å². The summed E-state index contributed by atoms with van der Waals surface area (Å²) in [5.74, 6) is -0.0929. The Morgan fingerprint density at radius 2 is 0.652 bits per heavy atom. The Labute approximate surface area is 428 Å². The van der Waals surface area contributed by atoms with Crippen LogP contribution < -0.4 is 5.32 Å². The molecule has 0 aromatic carbocycles. The van der Waals surface area contributed by atoms with Crippen LogP contribution in [-0.2, 0) is 4.79 Å². The van der Waals surface area contributed by atoms with Crippen molar-refractivity contribution in [3.05, 3.63) is 122 Å². The lowest BCUT2D eigenvalue weighted by atomic mass is 10.0. The van der Waals surface area contributed by atoms with Crippen LogP contribution in [-0.4, -0.2) is 34.9 Å². The van der Waals surface area contributed by atoms with Gasteiger partial charge in [0.05, 0.1) is 18.8 Å². The average Bonchev–Trinajstić information content (AvgIpc) is 3.35. The van der Waals surface area contributed by atoms with E-state index in [1.54, 1.807) is 6.08 Å². The van der Waals surface area contributed by atoms with Crippen molar-refractivity contribution in [2.45, 2.75) is 276 Å². The fourth-order valence-corrected chi connectivity index (χ4v) is 8.25. The molecule has 0 aliphatic carbocycles. The Morgan fingerprint density at radius 1 is 0.362 bits per heavy atom. The SMILES string of the molecule is CC/C=C\C/C=C\C/C=C\C/C=C\C/C=C\C/C=C\C/C=C\CCCCCCCCCC(=O)NC(CO)C(O)/C=C/CC/C=C/CC/C=C/CCCCCCCCCCCCCCCCCCCC. The molecule has 0 spiro atoms. The number of carbonyl (C=O) groups excluding carboxylic acids is 1. The highest BCUT2D eigenvalue weighted by atomic mass is 16.3. The van der Waals surface area contributed by atoms with Crippen molar-refractivity contribution in [3.63, 3.8) is 0 Å². The van der Waals surface area contributed by atoms with Gasteiger partial charge in [0.2, 0.25) is 5.91 Å².